The van der Waals surface area contributed by atoms with Gasteiger partial charge in [-0.2, -0.15) is 5.10 Å². The van der Waals surface area contributed by atoms with Crippen molar-refractivity contribution in [3.05, 3.63) is 17.5 Å². The Morgan fingerprint density at radius 1 is 1.50 bits per heavy atom. The van der Waals surface area contributed by atoms with Crippen molar-refractivity contribution in [2.75, 3.05) is 0 Å². The smallest absolute Gasteiger partial charge is 0.238 e. The first-order valence-electron chi connectivity index (χ1n) is 4.44. The molecule has 1 aromatic heterocycles. The Balaban J connectivity index is 3.01. The predicted octanol–water partition coefficient (Wildman–Crippen LogP) is 1.53. The van der Waals surface area contributed by atoms with E-state index < -0.39 is 9.05 Å². The summed E-state index contributed by atoms with van der Waals surface area (Å²) in [6, 6.07) is 1.78. The van der Waals surface area contributed by atoms with Gasteiger partial charge in [0.1, 0.15) is 5.75 Å². The molecule has 0 N–H and O–H groups in total. The molecule has 1 heterocycles. The Morgan fingerprint density at radius 3 is 2.57 bits per heavy atom. The zero-order valence-corrected chi connectivity index (χ0v) is 9.77. The van der Waals surface area contributed by atoms with E-state index in [4.69, 9.17) is 10.7 Å². The number of hydrogen-bond donors (Lipinski definition) is 0. The average Bonchev–Trinajstić information content (AvgIpc) is 2.44. The summed E-state index contributed by atoms with van der Waals surface area (Å²) in [6.07, 6.45) is 0.794. The van der Waals surface area contributed by atoms with Gasteiger partial charge in [-0.3, -0.25) is 4.68 Å². The molecule has 0 aliphatic rings. The maximum atomic E-state index is 10.9. The second-order valence-corrected chi connectivity index (χ2v) is 5.76. The van der Waals surface area contributed by atoms with Crippen molar-refractivity contribution in [1.29, 1.82) is 0 Å². The summed E-state index contributed by atoms with van der Waals surface area (Å²) in [7, 11) is 1.69. The third kappa shape index (κ3) is 2.99. The average molecular weight is 237 g/mol. The normalized spacial score (nSPS) is 11.9. The molecule has 0 saturated carbocycles. The van der Waals surface area contributed by atoms with Crippen LogP contribution in [-0.2, 0) is 27.8 Å². The summed E-state index contributed by atoms with van der Waals surface area (Å²) in [4.78, 5) is 0. The number of aryl methyl sites for hydroxylation is 2. The largest absolute Gasteiger partial charge is 0.269 e. The van der Waals surface area contributed by atoms with Crippen LogP contribution >= 0.6 is 10.7 Å². The lowest BCUT2D eigenvalue weighted by atomic mass is 10.3. The van der Waals surface area contributed by atoms with Gasteiger partial charge in [-0.15, -0.1) is 0 Å². The maximum absolute atomic E-state index is 10.9. The molecule has 0 unspecified atom stereocenters. The van der Waals surface area contributed by atoms with Gasteiger partial charge < -0.3 is 0 Å². The van der Waals surface area contributed by atoms with Crippen molar-refractivity contribution >= 4 is 19.7 Å². The van der Waals surface area contributed by atoms with Crippen molar-refractivity contribution in [2.24, 2.45) is 0 Å². The molecule has 1 aromatic rings. The van der Waals surface area contributed by atoms with E-state index in [-0.39, 0.29) is 5.75 Å². The van der Waals surface area contributed by atoms with Crippen LogP contribution in [0.2, 0.25) is 0 Å². The lowest BCUT2D eigenvalue weighted by molar-refractivity contribution is 0.596. The molecule has 0 amide bonds. The van der Waals surface area contributed by atoms with Crippen molar-refractivity contribution in [2.45, 2.75) is 32.6 Å². The molecule has 0 aliphatic heterocycles. The summed E-state index contributed by atoms with van der Waals surface area (Å²) in [5.74, 6) is -0.157. The van der Waals surface area contributed by atoms with Crippen molar-refractivity contribution in [3.63, 3.8) is 0 Å². The van der Waals surface area contributed by atoms with Gasteiger partial charge in [0.15, 0.2) is 0 Å². The molecule has 0 bridgehead atoms. The van der Waals surface area contributed by atoms with E-state index in [1.807, 2.05) is 13.8 Å². The molecule has 14 heavy (non-hydrogen) atoms. The topological polar surface area (TPSA) is 52.0 Å². The molecule has 4 nitrogen and oxygen atoms in total. The monoisotopic (exact) mass is 236 g/mol. The maximum Gasteiger partial charge on any atom is 0.238 e. The van der Waals surface area contributed by atoms with E-state index in [9.17, 15) is 8.42 Å². The minimum atomic E-state index is -3.49. The molecule has 6 heteroatoms. The summed E-state index contributed by atoms with van der Waals surface area (Å²) < 4.78 is 23.4. The standard InChI is InChI=1S/C8H13ClN2O2S/c1-3-7-5-8(6-14(9,12)13)11(4-2)10-7/h5H,3-4,6H2,1-2H3. The van der Waals surface area contributed by atoms with Gasteiger partial charge in [0, 0.05) is 17.2 Å². The van der Waals surface area contributed by atoms with Crippen LogP contribution in [0, 0.1) is 0 Å². The van der Waals surface area contributed by atoms with E-state index >= 15 is 0 Å². The predicted molar refractivity (Wildman–Crippen MR) is 55.8 cm³/mol. The zero-order chi connectivity index (χ0) is 10.8. The number of aromatic nitrogens is 2. The van der Waals surface area contributed by atoms with Gasteiger partial charge in [0.2, 0.25) is 9.05 Å². The SMILES string of the molecule is CCc1cc(CS(=O)(=O)Cl)n(CC)n1. The molecule has 0 atom stereocenters. The fraction of sp³-hybridized carbons (Fsp3) is 0.625. The van der Waals surface area contributed by atoms with E-state index in [2.05, 4.69) is 5.10 Å². The third-order valence-electron chi connectivity index (χ3n) is 1.90. The number of rotatable bonds is 4. The summed E-state index contributed by atoms with van der Waals surface area (Å²) in [5.41, 5.74) is 1.54. The Hall–Kier alpha value is -0.550. The molecule has 0 fully saturated rings. The number of hydrogen-bond acceptors (Lipinski definition) is 3. The highest BCUT2D eigenvalue weighted by Gasteiger charge is 2.13. The van der Waals surface area contributed by atoms with Gasteiger partial charge in [0.05, 0.1) is 11.4 Å². The first kappa shape index (κ1) is 11.5. The second kappa shape index (κ2) is 4.31. The van der Waals surface area contributed by atoms with Crippen LogP contribution in [0.4, 0.5) is 0 Å². The Morgan fingerprint density at radius 2 is 2.14 bits per heavy atom. The van der Waals surface area contributed by atoms with Gasteiger partial charge in [-0.25, -0.2) is 8.42 Å². The lowest BCUT2D eigenvalue weighted by Crippen LogP contribution is -2.05. The molecule has 0 radical (unpaired) electrons. The summed E-state index contributed by atoms with van der Waals surface area (Å²) in [5, 5.41) is 4.22. The summed E-state index contributed by atoms with van der Waals surface area (Å²) >= 11 is 0. The highest BCUT2D eigenvalue weighted by Crippen LogP contribution is 2.12. The number of halogens is 1. The van der Waals surface area contributed by atoms with Gasteiger partial charge in [-0.1, -0.05) is 6.92 Å². The van der Waals surface area contributed by atoms with Crippen LogP contribution < -0.4 is 0 Å². The van der Waals surface area contributed by atoms with Crippen LogP contribution in [0.15, 0.2) is 6.07 Å². The van der Waals surface area contributed by atoms with Crippen LogP contribution in [0.5, 0.6) is 0 Å². The molecule has 80 valence electrons. The highest BCUT2D eigenvalue weighted by atomic mass is 35.7. The molecule has 1 rings (SSSR count). The zero-order valence-electron chi connectivity index (χ0n) is 8.20. The molecular weight excluding hydrogens is 224 g/mol. The van der Waals surface area contributed by atoms with E-state index in [0.29, 0.717) is 12.2 Å². The van der Waals surface area contributed by atoms with Crippen LogP contribution in [0.25, 0.3) is 0 Å². The first-order chi connectivity index (χ1) is 6.46. The van der Waals surface area contributed by atoms with E-state index in [1.54, 1.807) is 10.7 Å². The molecule has 0 saturated heterocycles. The second-order valence-electron chi connectivity index (χ2n) is 2.98. The van der Waals surface area contributed by atoms with Crippen LogP contribution in [0.1, 0.15) is 25.2 Å². The molecule has 0 aromatic carbocycles. The number of nitrogens with zero attached hydrogens (tertiary/aromatic N) is 2. The lowest BCUT2D eigenvalue weighted by Gasteiger charge is -2.00. The fourth-order valence-corrected chi connectivity index (χ4v) is 2.18. The van der Waals surface area contributed by atoms with Crippen molar-refractivity contribution in [3.8, 4) is 0 Å². The fourth-order valence-electron chi connectivity index (χ4n) is 1.25. The van der Waals surface area contributed by atoms with Crippen molar-refractivity contribution in [1.82, 2.24) is 9.78 Å². The van der Waals surface area contributed by atoms with Gasteiger partial charge >= 0.3 is 0 Å². The molecular formula is C8H13ClN2O2S. The van der Waals surface area contributed by atoms with Crippen LogP contribution in [0.3, 0.4) is 0 Å². The van der Waals surface area contributed by atoms with Gasteiger partial charge in [-0.05, 0) is 19.4 Å². The van der Waals surface area contributed by atoms with E-state index in [1.165, 1.54) is 0 Å². The Bertz CT molecular complexity index is 411. The molecule has 0 spiro atoms. The Kier molecular flexibility index (Phi) is 3.55. The minimum absolute atomic E-state index is 0.157. The Labute approximate surface area is 88.3 Å². The quantitative estimate of drug-likeness (QED) is 0.745. The third-order valence-corrected chi connectivity index (χ3v) is 2.86. The first-order valence-corrected chi connectivity index (χ1v) is 6.92. The summed E-state index contributed by atoms with van der Waals surface area (Å²) in [6.45, 7) is 4.54. The van der Waals surface area contributed by atoms with Crippen LogP contribution in [-0.4, -0.2) is 18.2 Å². The molecule has 0 aliphatic carbocycles. The van der Waals surface area contributed by atoms with E-state index in [0.717, 1.165) is 12.1 Å². The van der Waals surface area contributed by atoms with Gasteiger partial charge in [0.25, 0.3) is 0 Å². The minimum Gasteiger partial charge on any atom is -0.269 e. The van der Waals surface area contributed by atoms with Crippen molar-refractivity contribution < 1.29 is 8.42 Å². The highest BCUT2D eigenvalue weighted by molar-refractivity contribution is 8.13.